The number of hydrogen-bond donors (Lipinski definition) is 2. The zero-order valence-corrected chi connectivity index (χ0v) is 15.1. The highest BCUT2D eigenvalue weighted by Gasteiger charge is 2.55. The van der Waals surface area contributed by atoms with Crippen LogP contribution < -0.4 is 5.32 Å². The normalized spacial score (nSPS) is 35.0. The van der Waals surface area contributed by atoms with Gasteiger partial charge in [-0.05, 0) is 69.6 Å². The number of hydrogen-bond acceptors (Lipinski definition) is 4. The van der Waals surface area contributed by atoms with E-state index in [9.17, 15) is 19.5 Å². The standard InChI is InChI=1S/C19H29NO5/c1-3-25-17(23)11(2)4-15(16(21)22)20-18(24)19-8-12-5-13(9-19)7-14(6-12)10-19/h11-15H,3-10H2,1-2H3,(H,20,24)(H,21,22)/t11-,12?,13?,14?,15-,19?/m0/s1. The summed E-state index contributed by atoms with van der Waals surface area (Å²) < 4.78 is 4.95. The van der Waals surface area contributed by atoms with E-state index in [1.807, 2.05) is 0 Å². The van der Waals surface area contributed by atoms with Crippen LogP contribution in [0.25, 0.3) is 0 Å². The van der Waals surface area contributed by atoms with Crippen LogP contribution in [0.5, 0.6) is 0 Å². The first-order valence-electron chi connectivity index (χ1n) is 9.53. The number of aliphatic carboxylic acids is 1. The number of carboxylic acids is 1. The Balaban J connectivity index is 1.65. The van der Waals surface area contributed by atoms with Gasteiger partial charge in [-0.3, -0.25) is 9.59 Å². The molecule has 4 aliphatic carbocycles. The predicted molar refractivity (Wildman–Crippen MR) is 90.6 cm³/mol. The van der Waals surface area contributed by atoms with Gasteiger partial charge in [0.2, 0.25) is 5.91 Å². The smallest absolute Gasteiger partial charge is 0.326 e. The molecule has 0 aromatic heterocycles. The third kappa shape index (κ3) is 3.67. The number of esters is 1. The minimum atomic E-state index is -1.09. The summed E-state index contributed by atoms with van der Waals surface area (Å²) in [7, 11) is 0. The summed E-state index contributed by atoms with van der Waals surface area (Å²) in [6.07, 6.45) is 6.43. The number of amides is 1. The molecule has 0 unspecified atom stereocenters. The zero-order chi connectivity index (χ0) is 18.2. The van der Waals surface area contributed by atoms with Crippen molar-refractivity contribution in [2.24, 2.45) is 29.1 Å². The van der Waals surface area contributed by atoms with E-state index in [4.69, 9.17) is 4.74 Å². The number of carboxylic acid groups (broad SMARTS) is 1. The molecule has 0 spiro atoms. The van der Waals surface area contributed by atoms with Crippen molar-refractivity contribution in [1.82, 2.24) is 5.32 Å². The van der Waals surface area contributed by atoms with Crippen molar-refractivity contribution in [3.8, 4) is 0 Å². The highest BCUT2D eigenvalue weighted by Crippen LogP contribution is 2.60. The highest BCUT2D eigenvalue weighted by molar-refractivity contribution is 5.88. The van der Waals surface area contributed by atoms with Gasteiger partial charge < -0.3 is 15.2 Å². The lowest BCUT2D eigenvalue weighted by atomic mass is 9.49. The molecular weight excluding hydrogens is 322 g/mol. The van der Waals surface area contributed by atoms with Gasteiger partial charge in [0.1, 0.15) is 6.04 Å². The second kappa shape index (κ2) is 6.96. The molecule has 1 amide bonds. The Morgan fingerprint density at radius 2 is 1.64 bits per heavy atom. The van der Waals surface area contributed by atoms with Crippen molar-refractivity contribution in [1.29, 1.82) is 0 Å². The maximum atomic E-state index is 13.0. The van der Waals surface area contributed by atoms with Crippen LogP contribution in [-0.2, 0) is 19.1 Å². The summed E-state index contributed by atoms with van der Waals surface area (Å²) in [5, 5.41) is 12.3. The Kier molecular flexibility index (Phi) is 5.07. The molecule has 140 valence electrons. The van der Waals surface area contributed by atoms with Crippen molar-refractivity contribution in [3.05, 3.63) is 0 Å². The van der Waals surface area contributed by atoms with Gasteiger partial charge in [0.05, 0.1) is 12.5 Å². The Morgan fingerprint density at radius 3 is 2.08 bits per heavy atom. The van der Waals surface area contributed by atoms with Crippen molar-refractivity contribution in [3.63, 3.8) is 0 Å². The van der Waals surface area contributed by atoms with E-state index >= 15 is 0 Å². The van der Waals surface area contributed by atoms with E-state index < -0.39 is 23.9 Å². The first-order chi connectivity index (χ1) is 11.8. The Labute approximate surface area is 148 Å². The topological polar surface area (TPSA) is 92.7 Å². The third-order valence-electron chi connectivity index (χ3n) is 6.40. The monoisotopic (exact) mass is 351 g/mol. The van der Waals surface area contributed by atoms with Crippen LogP contribution in [0.1, 0.15) is 58.8 Å². The van der Waals surface area contributed by atoms with Crippen molar-refractivity contribution in [2.45, 2.75) is 64.8 Å². The summed E-state index contributed by atoms with van der Waals surface area (Å²) >= 11 is 0. The number of ether oxygens (including phenoxy) is 1. The molecule has 0 radical (unpaired) electrons. The number of rotatable bonds is 7. The van der Waals surface area contributed by atoms with E-state index in [2.05, 4.69) is 5.32 Å². The van der Waals surface area contributed by atoms with Crippen LogP contribution >= 0.6 is 0 Å². The molecule has 0 saturated heterocycles. The number of nitrogens with one attached hydrogen (secondary N) is 1. The average molecular weight is 351 g/mol. The Hall–Kier alpha value is -1.59. The molecular formula is C19H29NO5. The molecule has 25 heavy (non-hydrogen) atoms. The Bertz CT molecular complexity index is 523. The molecule has 6 heteroatoms. The van der Waals surface area contributed by atoms with E-state index in [-0.39, 0.29) is 24.3 Å². The van der Waals surface area contributed by atoms with Crippen molar-refractivity contribution < 1.29 is 24.2 Å². The van der Waals surface area contributed by atoms with Crippen molar-refractivity contribution >= 4 is 17.8 Å². The molecule has 0 aromatic rings. The quantitative estimate of drug-likeness (QED) is 0.687. The van der Waals surface area contributed by atoms with Gasteiger partial charge in [-0.1, -0.05) is 6.92 Å². The van der Waals surface area contributed by atoms with E-state index in [1.54, 1.807) is 13.8 Å². The van der Waals surface area contributed by atoms with Crippen LogP contribution in [0.3, 0.4) is 0 Å². The largest absolute Gasteiger partial charge is 0.480 e. The molecule has 2 atom stereocenters. The van der Waals surface area contributed by atoms with Gasteiger partial charge >= 0.3 is 11.9 Å². The maximum Gasteiger partial charge on any atom is 0.326 e. The van der Waals surface area contributed by atoms with Gasteiger partial charge in [-0.2, -0.15) is 0 Å². The number of carbonyl (C=O) groups is 3. The maximum absolute atomic E-state index is 13.0. The van der Waals surface area contributed by atoms with Gasteiger partial charge in [0.25, 0.3) is 0 Å². The van der Waals surface area contributed by atoms with Crippen LogP contribution in [0.4, 0.5) is 0 Å². The summed E-state index contributed by atoms with van der Waals surface area (Å²) in [6, 6.07) is -1.04. The molecule has 4 fully saturated rings. The SMILES string of the molecule is CCOC(=O)[C@@H](C)C[C@H](NC(=O)C12CC3CC(CC(C3)C1)C2)C(=O)O. The summed E-state index contributed by atoms with van der Waals surface area (Å²) in [4.78, 5) is 36.4. The fourth-order valence-corrected chi connectivity index (χ4v) is 5.66. The van der Waals surface area contributed by atoms with Gasteiger partial charge in [0, 0.05) is 5.41 Å². The Morgan fingerprint density at radius 1 is 1.12 bits per heavy atom. The molecule has 2 N–H and O–H groups in total. The molecule has 4 bridgehead atoms. The van der Waals surface area contributed by atoms with E-state index in [0.717, 1.165) is 19.3 Å². The van der Waals surface area contributed by atoms with E-state index in [1.165, 1.54) is 19.3 Å². The fraction of sp³-hybridized carbons (Fsp3) is 0.842. The molecule has 0 aliphatic heterocycles. The molecule has 4 aliphatic rings. The first-order valence-corrected chi connectivity index (χ1v) is 9.53. The second-order valence-electron chi connectivity index (χ2n) is 8.45. The summed E-state index contributed by atoms with van der Waals surface area (Å²) in [5.41, 5.74) is -0.379. The molecule has 0 heterocycles. The van der Waals surface area contributed by atoms with Gasteiger partial charge in [0.15, 0.2) is 0 Å². The molecule has 6 nitrogen and oxygen atoms in total. The van der Waals surface area contributed by atoms with Crippen LogP contribution in [0.15, 0.2) is 0 Å². The lowest BCUT2D eigenvalue weighted by Crippen LogP contribution is -2.56. The van der Waals surface area contributed by atoms with Crippen LogP contribution in [0, 0.1) is 29.1 Å². The molecule has 0 aromatic carbocycles. The second-order valence-corrected chi connectivity index (χ2v) is 8.45. The minimum absolute atomic E-state index is 0.0618. The van der Waals surface area contributed by atoms with Crippen LogP contribution in [0.2, 0.25) is 0 Å². The minimum Gasteiger partial charge on any atom is -0.480 e. The summed E-state index contributed by atoms with van der Waals surface area (Å²) in [6.45, 7) is 3.62. The number of carbonyl (C=O) groups excluding carboxylic acids is 2. The lowest BCUT2D eigenvalue weighted by Gasteiger charge is -2.55. The fourth-order valence-electron chi connectivity index (χ4n) is 5.66. The third-order valence-corrected chi connectivity index (χ3v) is 6.40. The molecule has 4 saturated carbocycles. The first kappa shape index (κ1) is 18.2. The average Bonchev–Trinajstić information content (AvgIpc) is 2.52. The molecule has 4 rings (SSSR count). The van der Waals surface area contributed by atoms with Crippen LogP contribution in [-0.4, -0.2) is 35.6 Å². The van der Waals surface area contributed by atoms with Crippen molar-refractivity contribution in [2.75, 3.05) is 6.61 Å². The zero-order valence-electron chi connectivity index (χ0n) is 15.1. The highest BCUT2D eigenvalue weighted by atomic mass is 16.5. The van der Waals surface area contributed by atoms with Gasteiger partial charge in [-0.15, -0.1) is 0 Å². The van der Waals surface area contributed by atoms with E-state index in [0.29, 0.717) is 17.8 Å². The summed E-state index contributed by atoms with van der Waals surface area (Å²) in [5.74, 6) is -0.309. The predicted octanol–water partition coefficient (Wildman–Crippen LogP) is 2.36. The van der Waals surface area contributed by atoms with Gasteiger partial charge in [-0.25, -0.2) is 4.79 Å². The lowest BCUT2D eigenvalue weighted by molar-refractivity contribution is -0.153.